The Kier molecular flexibility index (Phi) is 10.1. The van der Waals surface area contributed by atoms with Gasteiger partial charge >= 0.3 is 7.12 Å². The van der Waals surface area contributed by atoms with Crippen molar-refractivity contribution >= 4 is 33.1 Å². The molecule has 1 aromatic rings. The van der Waals surface area contributed by atoms with E-state index in [9.17, 15) is 10.2 Å². The summed E-state index contributed by atoms with van der Waals surface area (Å²) in [6, 6.07) is 2.10. The Morgan fingerprint density at radius 1 is 1.00 bits per heavy atom. The highest BCUT2D eigenvalue weighted by Gasteiger charge is 2.57. The number of ether oxygens (including phenoxy) is 1. The predicted molar refractivity (Wildman–Crippen MR) is 167 cm³/mol. The molecular weight excluding hydrogens is 521 g/mol. The highest BCUT2D eigenvalue weighted by Crippen LogP contribution is 2.46. The van der Waals surface area contributed by atoms with Crippen LogP contribution in [0.2, 0.25) is 0 Å². The van der Waals surface area contributed by atoms with Crippen molar-refractivity contribution in [2.45, 2.75) is 123 Å². The maximum absolute atomic E-state index is 11.3. The van der Waals surface area contributed by atoms with Crippen LogP contribution < -0.4 is 10.4 Å². The summed E-state index contributed by atoms with van der Waals surface area (Å²) in [5, 5.41) is 21.7. The fraction of sp³-hybridized carbons (Fsp3) is 0.828. The highest BCUT2D eigenvalue weighted by molar-refractivity contribution is 6.93. The Labute approximate surface area is 249 Å². The molecule has 2 aliphatic heterocycles. The summed E-state index contributed by atoms with van der Waals surface area (Å²) in [5.74, 6) is 0.860. The van der Waals surface area contributed by atoms with Crippen molar-refractivity contribution in [1.82, 2.24) is 4.98 Å². The lowest BCUT2D eigenvalue weighted by Crippen LogP contribution is -2.58. The minimum absolute atomic E-state index is 0.111. The van der Waals surface area contributed by atoms with Crippen molar-refractivity contribution in [3.8, 4) is 0 Å². The van der Waals surface area contributed by atoms with Gasteiger partial charge in [0.25, 0.3) is 14.7 Å². The number of hydrogen-bond acceptors (Lipinski definition) is 9. The van der Waals surface area contributed by atoms with Gasteiger partial charge in [0.05, 0.1) is 46.8 Å². The lowest BCUT2D eigenvalue weighted by Gasteiger charge is -2.49. The molecule has 230 valence electrons. The zero-order chi connectivity index (χ0) is 31.1. The van der Waals surface area contributed by atoms with Crippen LogP contribution in [0, 0.1) is 12.8 Å². The highest BCUT2D eigenvalue weighted by atomic mass is 16.7. The molecule has 3 atom stereocenters. The number of rotatable bonds is 12. The van der Waals surface area contributed by atoms with Crippen molar-refractivity contribution < 1.29 is 33.6 Å². The maximum Gasteiger partial charge on any atom is 0.496 e. The van der Waals surface area contributed by atoms with Gasteiger partial charge in [-0.2, -0.15) is 0 Å². The summed E-state index contributed by atoms with van der Waals surface area (Å²) in [5.41, 5.74) is -3.12. The zero-order valence-corrected chi connectivity index (χ0v) is 27.6. The quantitative estimate of drug-likeness (QED) is 0.288. The minimum atomic E-state index is -1.14. The van der Waals surface area contributed by atoms with Crippen LogP contribution in [-0.4, -0.2) is 97.0 Å². The maximum atomic E-state index is 11.3. The van der Waals surface area contributed by atoms with E-state index in [0.717, 1.165) is 29.9 Å². The van der Waals surface area contributed by atoms with Crippen LogP contribution >= 0.6 is 0 Å². The summed E-state index contributed by atoms with van der Waals surface area (Å²) < 4.78 is 31.1. The Hall–Kier alpha value is -1.14. The van der Waals surface area contributed by atoms with Crippen LogP contribution in [0.1, 0.15) is 88.1 Å². The third kappa shape index (κ3) is 7.33. The van der Waals surface area contributed by atoms with Gasteiger partial charge in [0.2, 0.25) is 0 Å². The van der Waals surface area contributed by atoms with Gasteiger partial charge in [0.1, 0.15) is 5.82 Å². The van der Waals surface area contributed by atoms with E-state index >= 15 is 0 Å². The summed E-state index contributed by atoms with van der Waals surface area (Å²) in [4.78, 5) is 7.03. The molecule has 2 aliphatic rings. The van der Waals surface area contributed by atoms with Gasteiger partial charge < -0.3 is 38.5 Å². The molecule has 0 aromatic carbocycles. The summed E-state index contributed by atoms with van der Waals surface area (Å²) in [6.45, 7) is 26.1. The average Bonchev–Trinajstić information content (AvgIpc) is 3.08. The molecule has 0 bridgehead atoms. The number of aliphatic hydroxyl groups is 2. The van der Waals surface area contributed by atoms with Crippen LogP contribution in [0.4, 0.5) is 5.82 Å². The van der Waals surface area contributed by atoms with Gasteiger partial charge in [-0.05, 0) is 94.1 Å². The smallest absolute Gasteiger partial charge is 0.438 e. The Morgan fingerprint density at radius 2 is 1.59 bits per heavy atom. The van der Waals surface area contributed by atoms with E-state index < -0.39 is 40.7 Å². The van der Waals surface area contributed by atoms with Crippen LogP contribution in [-0.2, 0) is 23.4 Å². The summed E-state index contributed by atoms with van der Waals surface area (Å²) >= 11 is 0. The molecule has 2 saturated heterocycles. The third-order valence-corrected chi connectivity index (χ3v) is 9.97. The second kappa shape index (κ2) is 12.1. The second-order valence-corrected chi connectivity index (χ2v) is 14.4. The zero-order valence-electron chi connectivity index (χ0n) is 27.6. The topological polar surface area (TPSA) is 103 Å². The molecule has 1 aromatic heterocycles. The van der Waals surface area contributed by atoms with E-state index in [1.165, 1.54) is 0 Å². The predicted octanol–water partition coefficient (Wildman–Crippen LogP) is 2.26. The van der Waals surface area contributed by atoms with Crippen LogP contribution in [0.25, 0.3) is 0 Å². The van der Waals surface area contributed by atoms with Crippen molar-refractivity contribution in [3.05, 3.63) is 17.8 Å². The van der Waals surface area contributed by atoms with Crippen molar-refractivity contribution in [2.75, 3.05) is 31.2 Å². The first-order valence-corrected chi connectivity index (χ1v) is 15.0. The van der Waals surface area contributed by atoms with Gasteiger partial charge in [-0.15, -0.1) is 0 Å². The number of morpholine rings is 1. The van der Waals surface area contributed by atoms with Gasteiger partial charge in [0, 0.05) is 24.7 Å². The first kappa shape index (κ1) is 34.4. The molecule has 0 spiro atoms. The number of pyridine rings is 1. The normalized spacial score (nSPS) is 24.2. The second-order valence-electron chi connectivity index (χ2n) is 14.4. The van der Waals surface area contributed by atoms with Crippen LogP contribution in [0.3, 0.4) is 0 Å². The molecule has 3 rings (SSSR count). The molecule has 3 heterocycles. The lowest BCUT2D eigenvalue weighted by atomic mass is 9.61. The van der Waals surface area contributed by atoms with E-state index in [1.54, 1.807) is 27.7 Å². The first-order valence-electron chi connectivity index (χ1n) is 15.0. The first-order chi connectivity index (χ1) is 18.6. The molecule has 0 saturated carbocycles. The Bertz CT molecular complexity index is 1040. The van der Waals surface area contributed by atoms with Crippen molar-refractivity contribution in [1.29, 1.82) is 0 Å². The van der Waals surface area contributed by atoms with Crippen molar-refractivity contribution in [2.24, 2.45) is 5.92 Å². The molecule has 2 fully saturated rings. The van der Waals surface area contributed by atoms with Crippen LogP contribution in [0.5, 0.6) is 0 Å². The van der Waals surface area contributed by atoms with E-state index in [0.29, 0.717) is 19.6 Å². The average molecular weight is 574 g/mol. The lowest BCUT2D eigenvalue weighted by molar-refractivity contribution is -0.147. The fourth-order valence-electron chi connectivity index (χ4n) is 5.48. The number of aryl methyl sites for hydroxylation is 1. The number of aromatic nitrogens is 1. The molecular formula is C29H53B3N2O7. The fourth-order valence-corrected chi connectivity index (χ4v) is 5.48. The largest absolute Gasteiger partial charge is 0.496 e. The van der Waals surface area contributed by atoms with Gasteiger partial charge in [-0.1, -0.05) is 13.0 Å². The number of hydrogen-bond donors (Lipinski definition) is 2. The monoisotopic (exact) mass is 574 g/mol. The molecule has 12 heteroatoms. The molecule has 9 nitrogen and oxygen atoms in total. The molecule has 2 N–H and O–H groups in total. The van der Waals surface area contributed by atoms with Gasteiger partial charge in [-0.25, -0.2) is 4.98 Å². The van der Waals surface area contributed by atoms with E-state index in [1.807, 2.05) is 27.0 Å². The third-order valence-electron chi connectivity index (χ3n) is 9.97. The van der Waals surface area contributed by atoms with Gasteiger partial charge in [-0.3, -0.25) is 0 Å². The van der Waals surface area contributed by atoms with E-state index in [-0.39, 0.29) is 20.7 Å². The number of nitrogens with zero attached hydrogens (tertiary/aromatic N) is 2. The molecule has 3 unspecified atom stereocenters. The molecule has 0 amide bonds. The Balaban J connectivity index is 1.73. The van der Waals surface area contributed by atoms with Crippen molar-refractivity contribution in [3.63, 3.8) is 0 Å². The van der Waals surface area contributed by atoms with Gasteiger partial charge in [0.15, 0.2) is 0 Å². The Morgan fingerprint density at radius 3 is 2.12 bits per heavy atom. The summed E-state index contributed by atoms with van der Waals surface area (Å²) in [7, 11) is -0.00349. The minimum Gasteiger partial charge on any atom is -0.438 e. The molecule has 0 aliphatic carbocycles. The summed E-state index contributed by atoms with van der Waals surface area (Å²) in [6.07, 6.45) is 2.44. The standard InChI is InChI=1S/C29H53B3N2O7/c1-20-17-22(19-33-23(20)34-13-15-37-16-14-34)32-40-27(9,10)28(11,41-32)18-21(2)29(12,25(5,6)36)39-31-30-38-26(7,8)24(3,4)35/h17,19,21,30-31,35-36H,13-16,18H2,1-12H3. The molecule has 41 heavy (non-hydrogen) atoms. The van der Waals surface area contributed by atoms with Crippen LogP contribution in [0.15, 0.2) is 12.3 Å². The van der Waals surface area contributed by atoms with E-state index in [4.69, 9.17) is 28.3 Å². The number of anilines is 1. The SMILES string of the molecule is Cc1cc(B2OC(C)(C)C(C)(CC(C)C(C)(OBBOC(C)(C)C(C)(C)O)C(C)(C)O)O2)cnc1N1CCOCC1. The molecule has 0 radical (unpaired) electrons. The van der Waals surface area contributed by atoms with E-state index in [2.05, 4.69) is 45.6 Å².